The molecule has 0 aliphatic heterocycles. The van der Waals surface area contributed by atoms with Crippen molar-refractivity contribution in [1.82, 2.24) is 14.8 Å². The lowest BCUT2D eigenvalue weighted by atomic mass is 10.3. The zero-order valence-corrected chi connectivity index (χ0v) is 14.4. The maximum atomic E-state index is 9.92. The zero-order chi connectivity index (χ0) is 15.2. The van der Waals surface area contributed by atoms with Crippen LogP contribution in [0.3, 0.4) is 0 Å². The van der Waals surface area contributed by atoms with Gasteiger partial charge in [0, 0.05) is 34.5 Å². The number of likely N-dealkylation sites (N-methyl/N-ethyl adjacent to an activating group) is 1. The number of hydrogen-bond donors (Lipinski definition) is 2. The summed E-state index contributed by atoms with van der Waals surface area (Å²) in [5.74, 6) is 0. The lowest BCUT2D eigenvalue weighted by Crippen LogP contribution is -2.31. The van der Waals surface area contributed by atoms with Gasteiger partial charge in [-0.2, -0.15) is 10.2 Å². The Bertz CT molecular complexity index is 560. The molecule has 0 saturated carbocycles. The molecule has 0 radical (unpaired) electrons. The van der Waals surface area contributed by atoms with Crippen molar-refractivity contribution in [3.63, 3.8) is 0 Å². The fourth-order valence-electron chi connectivity index (χ4n) is 1.84. The molecule has 2 aromatic rings. The topological polar surface area (TPSA) is 62.6 Å². The molecule has 0 amide bonds. The van der Waals surface area contributed by atoms with Crippen molar-refractivity contribution in [2.75, 3.05) is 26.0 Å². The maximum absolute atomic E-state index is 9.92. The van der Waals surface area contributed by atoms with Crippen molar-refractivity contribution in [1.29, 1.82) is 0 Å². The molecule has 1 atom stereocenters. The summed E-state index contributed by atoms with van der Waals surface area (Å²) in [6.07, 6.45) is 3.12. The summed E-state index contributed by atoms with van der Waals surface area (Å²) in [6.45, 7) is 1.62. The normalized spacial score (nSPS) is 12.8. The van der Waals surface area contributed by atoms with E-state index in [9.17, 15) is 5.11 Å². The van der Waals surface area contributed by atoms with E-state index in [0.29, 0.717) is 13.1 Å². The molecule has 2 rings (SSSR count). The van der Waals surface area contributed by atoms with Crippen LogP contribution < -0.4 is 5.32 Å². The van der Waals surface area contributed by atoms with Crippen molar-refractivity contribution in [3.8, 4) is 0 Å². The van der Waals surface area contributed by atoms with E-state index < -0.39 is 6.10 Å². The minimum atomic E-state index is -0.532. The Hall–Kier alpha value is -0.930. The fraction of sp³-hybridized carbons (Fsp3) is 0.462. The monoisotopic (exact) mass is 374 g/mol. The maximum Gasteiger partial charge on any atom is 0.0885 e. The fourth-order valence-corrected chi connectivity index (χ4v) is 3.23. The lowest BCUT2D eigenvalue weighted by molar-refractivity contribution is -0.129. The number of nitrogens with zero attached hydrogens (tertiary/aromatic N) is 3. The smallest absolute Gasteiger partial charge is 0.0885 e. The first-order valence-corrected chi connectivity index (χ1v) is 8.16. The van der Waals surface area contributed by atoms with Gasteiger partial charge in [0.25, 0.3) is 0 Å². The molecule has 0 fully saturated rings. The van der Waals surface area contributed by atoms with E-state index in [1.165, 1.54) is 4.88 Å². The summed E-state index contributed by atoms with van der Waals surface area (Å²) >= 11 is 5.14. The predicted molar refractivity (Wildman–Crippen MR) is 87.2 cm³/mol. The molecule has 2 aromatic heterocycles. The van der Waals surface area contributed by atoms with Gasteiger partial charge in [-0.15, -0.1) is 11.3 Å². The summed E-state index contributed by atoms with van der Waals surface area (Å²) in [5, 5.41) is 21.1. The number of aliphatic hydroxyl groups excluding tert-OH is 1. The third-order valence-electron chi connectivity index (χ3n) is 2.90. The third-order valence-corrected chi connectivity index (χ3v) is 4.60. The van der Waals surface area contributed by atoms with Crippen LogP contribution in [0.2, 0.25) is 0 Å². The van der Waals surface area contributed by atoms with Gasteiger partial charge >= 0.3 is 0 Å². The van der Waals surface area contributed by atoms with Crippen molar-refractivity contribution in [2.45, 2.75) is 19.2 Å². The molecule has 8 heteroatoms. The highest BCUT2D eigenvalue weighted by molar-refractivity contribution is 9.10. The van der Waals surface area contributed by atoms with Crippen molar-refractivity contribution < 1.29 is 9.94 Å². The molecule has 0 spiro atoms. The number of hydroxylamine groups is 2. The van der Waals surface area contributed by atoms with Crippen LogP contribution in [0, 0.1) is 0 Å². The summed E-state index contributed by atoms with van der Waals surface area (Å²) in [4.78, 5) is 6.23. The van der Waals surface area contributed by atoms with Gasteiger partial charge in [-0.1, -0.05) is 0 Å². The number of thiophene rings is 1. The van der Waals surface area contributed by atoms with E-state index in [1.807, 2.05) is 6.20 Å². The van der Waals surface area contributed by atoms with E-state index in [2.05, 4.69) is 37.8 Å². The predicted octanol–water partition coefficient (Wildman–Crippen LogP) is 2.17. The highest BCUT2D eigenvalue weighted by Gasteiger charge is 2.09. The van der Waals surface area contributed by atoms with Crippen molar-refractivity contribution >= 4 is 33.0 Å². The molecule has 6 nitrogen and oxygen atoms in total. The number of anilines is 1. The van der Waals surface area contributed by atoms with Crippen LogP contribution in [0.15, 0.2) is 28.3 Å². The van der Waals surface area contributed by atoms with Gasteiger partial charge in [0.2, 0.25) is 0 Å². The Morgan fingerprint density at radius 3 is 3.10 bits per heavy atom. The number of rotatable bonds is 8. The minimum absolute atomic E-state index is 0.430. The van der Waals surface area contributed by atoms with Gasteiger partial charge < -0.3 is 15.3 Å². The van der Waals surface area contributed by atoms with Crippen molar-refractivity contribution in [3.05, 3.63) is 33.2 Å². The quantitative estimate of drug-likeness (QED) is 0.693. The summed E-state index contributed by atoms with van der Waals surface area (Å²) in [7, 11) is 3.35. The zero-order valence-electron chi connectivity index (χ0n) is 12.0. The largest absolute Gasteiger partial charge is 0.390 e. The second-order valence-electron chi connectivity index (χ2n) is 4.68. The summed E-state index contributed by atoms with van der Waals surface area (Å²) < 4.78 is 2.83. The number of aliphatic hydroxyl groups is 1. The molecule has 21 heavy (non-hydrogen) atoms. The average molecular weight is 375 g/mol. The van der Waals surface area contributed by atoms with Gasteiger partial charge in [-0.05, 0) is 22.0 Å². The van der Waals surface area contributed by atoms with Gasteiger partial charge in [0.15, 0.2) is 0 Å². The molecule has 0 unspecified atom stereocenters. The molecule has 2 N–H and O–H groups in total. The highest BCUT2D eigenvalue weighted by Crippen LogP contribution is 2.20. The van der Waals surface area contributed by atoms with Gasteiger partial charge in [-0.25, -0.2) is 0 Å². The van der Waals surface area contributed by atoms with Crippen LogP contribution in [0.4, 0.5) is 5.69 Å². The number of hydrogen-bond acceptors (Lipinski definition) is 6. The van der Waals surface area contributed by atoms with Gasteiger partial charge in [-0.3, -0.25) is 4.68 Å². The van der Waals surface area contributed by atoms with Crippen LogP contribution in [-0.2, 0) is 17.9 Å². The Morgan fingerprint density at radius 1 is 1.62 bits per heavy atom. The van der Waals surface area contributed by atoms with Crippen LogP contribution >= 0.6 is 27.3 Å². The Labute approximate surface area is 136 Å². The van der Waals surface area contributed by atoms with E-state index in [0.717, 1.165) is 16.7 Å². The first kappa shape index (κ1) is 16.4. The highest BCUT2D eigenvalue weighted by atomic mass is 79.9. The molecular formula is C13H19BrN4O2S. The van der Waals surface area contributed by atoms with Gasteiger partial charge in [0.1, 0.15) is 0 Å². The third kappa shape index (κ3) is 5.40. The second kappa shape index (κ2) is 7.90. The number of halogens is 1. The van der Waals surface area contributed by atoms with Gasteiger partial charge in [0.05, 0.1) is 38.2 Å². The van der Waals surface area contributed by atoms with Crippen LogP contribution in [0.5, 0.6) is 0 Å². The molecule has 116 valence electrons. The van der Waals surface area contributed by atoms with Crippen LogP contribution in [0.25, 0.3) is 0 Å². The molecule has 0 aromatic carbocycles. The minimum Gasteiger partial charge on any atom is -0.390 e. The van der Waals surface area contributed by atoms with E-state index in [4.69, 9.17) is 4.84 Å². The Balaban J connectivity index is 1.80. The first-order chi connectivity index (χ1) is 10.1. The molecular weight excluding hydrogens is 356 g/mol. The first-order valence-electron chi connectivity index (χ1n) is 6.49. The van der Waals surface area contributed by atoms with Crippen LogP contribution in [0.1, 0.15) is 4.88 Å². The molecule has 0 bridgehead atoms. The van der Waals surface area contributed by atoms with Crippen LogP contribution in [-0.4, -0.2) is 46.8 Å². The second-order valence-corrected chi connectivity index (χ2v) is 6.59. The summed E-state index contributed by atoms with van der Waals surface area (Å²) in [6, 6.07) is 2.09. The van der Waals surface area contributed by atoms with E-state index in [-0.39, 0.29) is 0 Å². The molecule has 0 aliphatic rings. The average Bonchev–Trinajstić information content (AvgIpc) is 3.05. The molecule has 0 saturated heterocycles. The Morgan fingerprint density at radius 2 is 2.43 bits per heavy atom. The molecule has 2 heterocycles. The SMILES string of the molecule is CON(C)C[C@@H](O)Cn1cc(NCc2cc(Br)cs2)cn1. The summed E-state index contributed by atoms with van der Waals surface area (Å²) in [5.41, 5.74) is 0.937. The van der Waals surface area contributed by atoms with E-state index in [1.54, 1.807) is 41.4 Å². The molecule has 0 aliphatic carbocycles. The lowest BCUT2D eigenvalue weighted by Gasteiger charge is -2.17. The van der Waals surface area contributed by atoms with Crippen molar-refractivity contribution in [2.24, 2.45) is 0 Å². The Kier molecular flexibility index (Phi) is 6.19. The van der Waals surface area contributed by atoms with E-state index >= 15 is 0 Å². The number of nitrogens with one attached hydrogen (secondary N) is 1. The number of aromatic nitrogens is 2. The standard InChI is InChI=1S/C13H19BrN4O2S/c1-17(20-2)7-12(19)8-18-6-11(4-16-18)15-5-13-3-10(14)9-21-13/h3-4,6,9,12,15,19H,5,7-8H2,1-2H3/t12-/m1/s1.